The quantitative estimate of drug-likeness (QED) is 0.932. The van der Waals surface area contributed by atoms with Gasteiger partial charge < -0.3 is 5.32 Å². The lowest BCUT2D eigenvalue weighted by Crippen LogP contribution is -2.27. The van der Waals surface area contributed by atoms with Gasteiger partial charge in [0, 0.05) is 43.8 Å². The Bertz CT molecular complexity index is 613. The summed E-state index contributed by atoms with van der Waals surface area (Å²) in [7, 11) is 0. The summed E-state index contributed by atoms with van der Waals surface area (Å²) in [5.74, 6) is 0.732. The normalized spacial score (nSPS) is 18.9. The van der Waals surface area contributed by atoms with E-state index in [-0.39, 0.29) is 0 Å². The van der Waals surface area contributed by atoms with Crippen molar-refractivity contribution in [2.75, 3.05) is 18.4 Å². The van der Waals surface area contributed by atoms with E-state index in [4.69, 9.17) is 0 Å². The Hall–Kier alpha value is -2.01. The Kier molecular flexibility index (Phi) is 4.10. The summed E-state index contributed by atoms with van der Waals surface area (Å²) in [6.07, 6.45) is 4.78. The molecule has 1 N–H and O–H groups in total. The lowest BCUT2D eigenvalue weighted by Gasteiger charge is -2.17. The third kappa shape index (κ3) is 3.55. The first-order valence-corrected chi connectivity index (χ1v) is 7.40. The van der Waals surface area contributed by atoms with Gasteiger partial charge in [-0.2, -0.15) is 0 Å². The molecule has 0 amide bonds. The molecule has 1 aliphatic rings. The molecule has 1 saturated heterocycles. The number of aryl methyl sites for hydroxylation is 2. The van der Waals surface area contributed by atoms with E-state index in [1.54, 1.807) is 6.20 Å². The highest BCUT2D eigenvalue weighted by Gasteiger charge is 2.23. The third-order valence-corrected chi connectivity index (χ3v) is 3.89. The minimum atomic E-state index is 0.413. The molecule has 1 unspecified atom stereocenters. The van der Waals surface area contributed by atoms with Crippen molar-refractivity contribution in [3.8, 4) is 0 Å². The molecule has 0 aromatic carbocycles. The molecule has 5 heteroatoms. The van der Waals surface area contributed by atoms with E-state index >= 15 is 0 Å². The first-order chi connectivity index (χ1) is 10.2. The van der Waals surface area contributed by atoms with Gasteiger partial charge in [0.1, 0.15) is 0 Å². The molecule has 5 nitrogen and oxygen atoms in total. The van der Waals surface area contributed by atoms with Crippen LogP contribution in [0.2, 0.25) is 0 Å². The van der Waals surface area contributed by atoms with Gasteiger partial charge in [0.25, 0.3) is 0 Å². The van der Waals surface area contributed by atoms with Crippen molar-refractivity contribution in [3.05, 3.63) is 47.5 Å². The van der Waals surface area contributed by atoms with Crippen LogP contribution in [0.4, 0.5) is 5.95 Å². The van der Waals surface area contributed by atoms with Gasteiger partial charge in [0.2, 0.25) is 5.95 Å². The first-order valence-electron chi connectivity index (χ1n) is 7.40. The lowest BCUT2D eigenvalue weighted by molar-refractivity contribution is 0.323. The summed E-state index contributed by atoms with van der Waals surface area (Å²) in [5, 5.41) is 3.43. The van der Waals surface area contributed by atoms with Crippen LogP contribution >= 0.6 is 0 Å². The maximum absolute atomic E-state index is 4.48. The number of rotatable bonds is 4. The molecule has 110 valence electrons. The zero-order chi connectivity index (χ0) is 14.7. The van der Waals surface area contributed by atoms with Crippen LogP contribution in [0.5, 0.6) is 0 Å². The van der Waals surface area contributed by atoms with Gasteiger partial charge in [0.05, 0.1) is 5.69 Å². The predicted octanol–water partition coefficient (Wildman–Crippen LogP) is 2.17. The Morgan fingerprint density at radius 1 is 1.24 bits per heavy atom. The molecule has 0 aliphatic carbocycles. The van der Waals surface area contributed by atoms with Gasteiger partial charge in [-0.25, -0.2) is 9.97 Å². The van der Waals surface area contributed by atoms with E-state index in [1.165, 1.54) is 11.3 Å². The van der Waals surface area contributed by atoms with Gasteiger partial charge in [-0.3, -0.25) is 9.88 Å². The first kappa shape index (κ1) is 13.9. The van der Waals surface area contributed by atoms with Crippen LogP contribution in [-0.4, -0.2) is 39.0 Å². The summed E-state index contributed by atoms with van der Waals surface area (Å²) in [6.45, 7) is 7.11. The highest BCUT2D eigenvalue weighted by atomic mass is 15.2. The number of aromatic nitrogens is 3. The number of hydrogen-bond acceptors (Lipinski definition) is 5. The van der Waals surface area contributed by atoms with E-state index in [1.807, 2.05) is 25.3 Å². The maximum atomic E-state index is 4.48. The largest absolute Gasteiger partial charge is 0.350 e. The van der Waals surface area contributed by atoms with Crippen molar-refractivity contribution in [2.24, 2.45) is 0 Å². The zero-order valence-electron chi connectivity index (χ0n) is 12.6. The van der Waals surface area contributed by atoms with Crippen LogP contribution in [0.3, 0.4) is 0 Å². The minimum Gasteiger partial charge on any atom is -0.350 e. The number of hydrogen-bond donors (Lipinski definition) is 1. The molecule has 3 heterocycles. The van der Waals surface area contributed by atoms with Crippen LogP contribution in [-0.2, 0) is 6.54 Å². The zero-order valence-corrected chi connectivity index (χ0v) is 12.6. The molecule has 21 heavy (non-hydrogen) atoms. The van der Waals surface area contributed by atoms with E-state index < -0.39 is 0 Å². The summed E-state index contributed by atoms with van der Waals surface area (Å²) >= 11 is 0. The molecule has 0 radical (unpaired) electrons. The molecule has 0 saturated carbocycles. The van der Waals surface area contributed by atoms with Crippen molar-refractivity contribution in [2.45, 2.75) is 32.9 Å². The van der Waals surface area contributed by atoms with Crippen molar-refractivity contribution in [1.82, 2.24) is 19.9 Å². The van der Waals surface area contributed by atoms with Crippen molar-refractivity contribution in [1.29, 1.82) is 0 Å². The van der Waals surface area contributed by atoms with Crippen LogP contribution in [0.15, 0.2) is 30.6 Å². The number of pyridine rings is 1. The summed E-state index contributed by atoms with van der Waals surface area (Å²) in [6, 6.07) is 6.43. The van der Waals surface area contributed by atoms with Crippen LogP contribution in [0, 0.1) is 13.8 Å². The fraction of sp³-hybridized carbons (Fsp3) is 0.438. The van der Waals surface area contributed by atoms with Crippen molar-refractivity contribution < 1.29 is 0 Å². The second-order valence-electron chi connectivity index (χ2n) is 5.65. The second kappa shape index (κ2) is 6.18. The fourth-order valence-electron chi connectivity index (χ4n) is 2.69. The molecule has 1 atom stereocenters. The predicted molar refractivity (Wildman–Crippen MR) is 83.0 cm³/mol. The molecule has 2 aromatic rings. The SMILES string of the molecule is Cc1ccnc(NC2CCN(Cc3ncccc3C)C2)n1. The van der Waals surface area contributed by atoms with Gasteiger partial charge in [-0.05, 0) is 38.0 Å². The Morgan fingerprint density at radius 3 is 2.95 bits per heavy atom. The van der Waals surface area contributed by atoms with Gasteiger partial charge in [0.15, 0.2) is 0 Å². The molecule has 0 spiro atoms. The van der Waals surface area contributed by atoms with E-state index in [9.17, 15) is 0 Å². The summed E-state index contributed by atoms with van der Waals surface area (Å²) < 4.78 is 0. The fourth-order valence-corrected chi connectivity index (χ4v) is 2.69. The second-order valence-corrected chi connectivity index (χ2v) is 5.65. The van der Waals surface area contributed by atoms with E-state index in [0.29, 0.717) is 6.04 Å². The Morgan fingerprint density at radius 2 is 2.14 bits per heavy atom. The smallest absolute Gasteiger partial charge is 0.223 e. The monoisotopic (exact) mass is 283 g/mol. The van der Waals surface area contributed by atoms with Crippen molar-refractivity contribution in [3.63, 3.8) is 0 Å². The highest BCUT2D eigenvalue weighted by molar-refractivity contribution is 5.27. The number of nitrogens with zero attached hydrogens (tertiary/aromatic N) is 4. The van der Waals surface area contributed by atoms with Crippen LogP contribution < -0.4 is 5.32 Å². The molecule has 3 rings (SSSR count). The summed E-state index contributed by atoms with van der Waals surface area (Å²) in [5.41, 5.74) is 3.42. The molecule has 2 aromatic heterocycles. The molecule has 1 aliphatic heterocycles. The molecule has 0 bridgehead atoms. The standard InChI is InChI=1S/C16H21N5/c1-12-4-3-7-17-15(12)11-21-9-6-14(10-21)20-16-18-8-5-13(2)19-16/h3-5,7-8,14H,6,9-11H2,1-2H3,(H,18,19,20). The van der Waals surface area contributed by atoms with Crippen LogP contribution in [0.25, 0.3) is 0 Å². The Balaban J connectivity index is 1.57. The lowest BCUT2D eigenvalue weighted by atomic mass is 10.2. The Labute approximate surface area is 125 Å². The third-order valence-electron chi connectivity index (χ3n) is 3.89. The van der Waals surface area contributed by atoms with Gasteiger partial charge >= 0.3 is 0 Å². The molecular formula is C16H21N5. The number of nitrogens with one attached hydrogen (secondary N) is 1. The molecule has 1 fully saturated rings. The average Bonchev–Trinajstić information content (AvgIpc) is 2.89. The van der Waals surface area contributed by atoms with E-state index in [2.05, 4.69) is 38.2 Å². The average molecular weight is 283 g/mol. The highest BCUT2D eigenvalue weighted by Crippen LogP contribution is 2.16. The topological polar surface area (TPSA) is 53.9 Å². The number of likely N-dealkylation sites (tertiary alicyclic amines) is 1. The van der Waals surface area contributed by atoms with Crippen LogP contribution in [0.1, 0.15) is 23.4 Å². The van der Waals surface area contributed by atoms with Gasteiger partial charge in [-0.1, -0.05) is 6.07 Å². The van der Waals surface area contributed by atoms with Gasteiger partial charge in [-0.15, -0.1) is 0 Å². The maximum Gasteiger partial charge on any atom is 0.223 e. The molecular weight excluding hydrogens is 262 g/mol. The number of anilines is 1. The minimum absolute atomic E-state index is 0.413. The summed E-state index contributed by atoms with van der Waals surface area (Å²) in [4.78, 5) is 15.6. The van der Waals surface area contributed by atoms with E-state index in [0.717, 1.165) is 37.7 Å². The van der Waals surface area contributed by atoms with Crippen molar-refractivity contribution >= 4 is 5.95 Å².